The lowest BCUT2D eigenvalue weighted by Crippen LogP contribution is -2.16. The molecule has 0 aliphatic heterocycles. The second-order valence-electron chi connectivity index (χ2n) is 5.39. The van der Waals surface area contributed by atoms with E-state index in [2.05, 4.69) is 13.8 Å². The van der Waals surface area contributed by atoms with Crippen LogP contribution in [-0.4, -0.2) is 19.4 Å². The van der Waals surface area contributed by atoms with Gasteiger partial charge in [0.15, 0.2) is 5.78 Å². The van der Waals surface area contributed by atoms with Crippen LogP contribution in [0.5, 0.6) is 5.75 Å². The minimum absolute atomic E-state index is 0.0796. The third-order valence-electron chi connectivity index (χ3n) is 3.68. The van der Waals surface area contributed by atoms with Gasteiger partial charge in [0, 0.05) is 6.42 Å². The number of nitrogens with two attached hydrogens (primary N) is 1. The topological polar surface area (TPSA) is 52.3 Å². The van der Waals surface area contributed by atoms with Crippen molar-refractivity contribution in [1.82, 2.24) is 0 Å². The van der Waals surface area contributed by atoms with E-state index in [1.165, 1.54) is 25.3 Å². The zero-order valence-corrected chi connectivity index (χ0v) is 12.5. The number of halogens is 1. The summed E-state index contributed by atoms with van der Waals surface area (Å²) in [5.41, 5.74) is 5.92. The molecule has 0 saturated carbocycles. The van der Waals surface area contributed by atoms with Crippen molar-refractivity contribution >= 4 is 5.78 Å². The largest absolute Gasteiger partial charge is 0.496 e. The number of ether oxygens (including phenoxy) is 1. The Bertz CT molecular complexity index is 446. The standard InChI is InChI=1S/C16H24FNO2/c1-11(2)12(8-9-18)4-6-15(19)14-10-13(17)5-7-16(14)20-3/h5,7,10-12H,4,6,8-9,18H2,1-3H3. The normalized spacial score (nSPS) is 12.5. The first-order chi connectivity index (χ1) is 9.49. The third-order valence-corrected chi connectivity index (χ3v) is 3.68. The van der Waals surface area contributed by atoms with E-state index in [1.807, 2.05) is 0 Å². The molecule has 0 aromatic heterocycles. The van der Waals surface area contributed by atoms with Crippen molar-refractivity contribution in [2.75, 3.05) is 13.7 Å². The van der Waals surface area contributed by atoms with Gasteiger partial charge in [-0.3, -0.25) is 4.79 Å². The first-order valence-corrected chi connectivity index (χ1v) is 7.06. The van der Waals surface area contributed by atoms with Crippen LogP contribution in [0.15, 0.2) is 18.2 Å². The molecule has 0 amide bonds. The van der Waals surface area contributed by atoms with Gasteiger partial charge in [-0.15, -0.1) is 0 Å². The Morgan fingerprint density at radius 1 is 1.35 bits per heavy atom. The molecule has 0 saturated heterocycles. The van der Waals surface area contributed by atoms with Crippen molar-refractivity contribution in [3.63, 3.8) is 0 Å². The van der Waals surface area contributed by atoms with Crippen LogP contribution in [0.2, 0.25) is 0 Å². The van der Waals surface area contributed by atoms with E-state index in [1.54, 1.807) is 0 Å². The van der Waals surface area contributed by atoms with Gasteiger partial charge in [0.2, 0.25) is 0 Å². The predicted octanol–water partition coefficient (Wildman–Crippen LogP) is 3.42. The van der Waals surface area contributed by atoms with Crippen LogP contribution in [0, 0.1) is 17.7 Å². The average molecular weight is 281 g/mol. The third kappa shape index (κ3) is 4.60. The van der Waals surface area contributed by atoms with Gasteiger partial charge < -0.3 is 10.5 Å². The molecular weight excluding hydrogens is 257 g/mol. The molecule has 0 aliphatic rings. The first kappa shape index (κ1) is 16.6. The van der Waals surface area contributed by atoms with E-state index in [0.717, 1.165) is 12.8 Å². The second kappa shape index (κ2) is 8.00. The maximum Gasteiger partial charge on any atom is 0.166 e. The number of methoxy groups -OCH3 is 1. The zero-order chi connectivity index (χ0) is 15.1. The highest BCUT2D eigenvalue weighted by atomic mass is 19.1. The summed E-state index contributed by atoms with van der Waals surface area (Å²) in [6, 6.07) is 4.03. The Balaban J connectivity index is 2.73. The molecule has 20 heavy (non-hydrogen) atoms. The Morgan fingerprint density at radius 2 is 2.05 bits per heavy atom. The van der Waals surface area contributed by atoms with Crippen molar-refractivity contribution in [2.45, 2.75) is 33.1 Å². The number of carbonyl (C=O) groups is 1. The highest BCUT2D eigenvalue weighted by molar-refractivity contribution is 5.98. The predicted molar refractivity (Wildman–Crippen MR) is 78.5 cm³/mol. The summed E-state index contributed by atoms with van der Waals surface area (Å²) in [6.45, 7) is 4.89. The molecule has 0 heterocycles. The van der Waals surface area contributed by atoms with E-state index in [4.69, 9.17) is 10.5 Å². The van der Waals surface area contributed by atoms with Crippen molar-refractivity contribution in [3.8, 4) is 5.75 Å². The van der Waals surface area contributed by atoms with Crippen molar-refractivity contribution in [2.24, 2.45) is 17.6 Å². The summed E-state index contributed by atoms with van der Waals surface area (Å²) in [4.78, 5) is 12.2. The van der Waals surface area contributed by atoms with E-state index < -0.39 is 5.82 Å². The molecule has 1 rings (SSSR count). The van der Waals surface area contributed by atoms with Gasteiger partial charge in [0.1, 0.15) is 11.6 Å². The number of ketones is 1. The summed E-state index contributed by atoms with van der Waals surface area (Å²) in [7, 11) is 1.48. The molecule has 1 atom stereocenters. The lowest BCUT2D eigenvalue weighted by Gasteiger charge is -2.19. The van der Waals surface area contributed by atoms with Gasteiger partial charge >= 0.3 is 0 Å². The van der Waals surface area contributed by atoms with Crippen LogP contribution in [0.3, 0.4) is 0 Å². The van der Waals surface area contributed by atoms with Crippen LogP contribution in [-0.2, 0) is 0 Å². The van der Waals surface area contributed by atoms with E-state index in [-0.39, 0.29) is 5.78 Å². The van der Waals surface area contributed by atoms with E-state index >= 15 is 0 Å². The summed E-state index contributed by atoms with van der Waals surface area (Å²) < 4.78 is 18.4. The second-order valence-corrected chi connectivity index (χ2v) is 5.39. The van der Waals surface area contributed by atoms with Crippen molar-refractivity contribution < 1.29 is 13.9 Å². The SMILES string of the molecule is COc1ccc(F)cc1C(=O)CCC(CCN)C(C)C. The van der Waals surface area contributed by atoms with E-state index in [9.17, 15) is 9.18 Å². The molecule has 1 aromatic carbocycles. The molecule has 2 N–H and O–H groups in total. The number of hydrogen-bond donors (Lipinski definition) is 1. The van der Waals surface area contributed by atoms with E-state index in [0.29, 0.717) is 36.1 Å². The molecule has 112 valence electrons. The lowest BCUT2D eigenvalue weighted by atomic mass is 9.87. The first-order valence-electron chi connectivity index (χ1n) is 7.06. The molecule has 3 nitrogen and oxygen atoms in total. The van der Waals surface area contributed by atoms with Crippen LogP contribution in [0.4, 0.5) is 4.39 Å². The molecule has 0 radical (unpaired) electrons. The van der Waals surface area contributed by atoms with Gasteiger partial charge in [0.05, 0.1) is 12.7 Å². The summed E-state index contributed by atoms with van der Waals surface area (Å²) >= 11 is 0. The van der Waals surface area contributed by atoms with Gasteiger partial charge in [-0.05, 0) is 49.4 Å². The molecule has 4 heteroatoms. The molecular formula is C16H24FNO2. The Labute approximate surface area is 120 Å². The molecule has 1 unspecified atom stereocenters. The minimum atomic E-state index is -0.420. The molecule has 0 aliphatic carbocycles. The van der Waals surface area contributed by atoms with Crippen LogP contribution < -0.4 is 10.5 Å². The molecule has 0 fully saturated rings. The van der Waals surface area contributed by atoms with Crippen LogP contribution in [0.25, 0.3) is 0 Å². The zero-order valence-electron chi connectivity index (χ0n) is 12.5. The minimum Gasteiger partial charge on any atom is -0.496 e. The monoisotopic (exact) mass is 281 g/mol. The number of hydrogen-bond acceptors (Lipinski definition) is 3. The summed E-state index contributed by atoms with van der Waals surface area (Å²) in [5.74, 6) is 0.834. The average Bonchev–Trinajstić information content (AvgIpc) is 2.42. The Kier molecular flexibility index (Phi) is 6.65. The highest BCUT2D eigenvalue weighted by Crippen LogP contribution is 2.25. The smallest absolute Gasteiger partial charge is 0.166 e. The van der Waals surface area contributed by atoms with Gasteiger partial charge in [-0.2, -0.15) is 0 Å². The fraction of sp³-hybridized carbons (Fsp3) is 0.562. The number of rotatable bonds is 8. The molecule has 0 spiro atoms. The van der Waals surface area contributed by atoms with Crippen molar-refractivity contribution in [3.05, 3.63) is 29.6 Å². The van der Waals surface area contributed by atoms with Crippen LogP contribution >= 0.6 is 0 Å². The van der Waals surface area contributed by atoms with Gasteiger partial charge in [-0.1, -0.05) is 13.8 Å². The highest BCUT2D eigenvalue weighted by Gasteiger charge is 2.18. The number of carbonyl (C=O) groups excluding carboxylic acids is 1. The molecule has 0 bridgehead atoms. The fourth-order valence-electron chi connectivity index (χ4n) is 2.37. The maximum absolute atomic E-state index is 13.3. The van der Waals surface area contributed by atoms with Crippen molar-refractivity contribution in [1.29, 1.82) is 0 Å². The fourth-order valence-corrected chi connectivity index (χ4v) is 2.37. The Hall–Kier alpha value is -1.42. The summed E-state index contributed by atoms with van der Waals surface area (Å²) in [6.07, 6.45) is 2.07. The summed E-state index contributed by atoms with van der Waals surface area (Å²) in [5, 5.41) is 0. The van der Waals surface area contributed by atoms with Crippen LogP contribution in [0.1, 0.15) is 43.5 Å². The van der Waals surface area contributed by atoms with Gasteiger partial charge in [-0.25, -0.2) is 4.39 Å². The Morgan fingerprint density at radius 3 is 2.60 bits per heavy atom. The molecule has 1 aromatic rings. The van der Waals surface area contributed by atoms with Gasteiger partial charge in [0.25, 0.3) is 0 Å². The lowest BCUT2D eigenvalue weighted by molar-refractivity contribution is 0.0965. The number of Topliss-reactive ketones (excluding diaryl/α,β-unsaturated/α-hetero) is 1. The maximum atomic E-state index is 13.3. The number of benzene rings is 1. The quantitative estimate of drug-likeness (QED) is 0.743.